The summed E-state index contributed by atoms with van der Waals surface area (Å²) in [6.07, 6.45) is 0.0413. The molecule has 3 aromatic carbocycles. The van der Waals surface area contributed by atoms with Crippen LogP contribution in [-0.4, -0.2) is 41.5 Å². The number of rotatable bonds is 10. The third-order valence-electron chi connectivity index (χ3n) is 6.33. The number of nitrogens with zero attached hydrogens (tertiary/aromatic N) is 1. The Morgan fingerprint density at radius 2 is 1.44 bits per heavy atom. The van der Waals surface area contributed by atoms with Crippen molar-refractivity contribution in [3.05, 3.63) is 95.1 Å². The summed E-state index contributed by atoms with van der Waals surface area (Å²) in [5.74, 6) is 0.782. The number of Topliss-reactive ketones (excluding diaryl/α,β-unsaturated/α-hetero) is 1. The highest BCUT2D eigenvalue weighted by Crippen LogP contribution is 2.41. The monoisotopic (exact) mass is 529 g/mol. The van der Waals surface area contributed by atoms with Crippen LogP contribution in [0.2, 0.25) is 0 Å². The molecule has 0 spiro atoms. The molecule has 4 rings (SSSR count). The number of carbonyl (C=O) groups excluding carboxylic acids is 2. The average molecular weight is 530 g/mol. The zero-order valence-electron chi connectivity index (χ0n) is 23.0. The minimum absolute atomic E-state index is 0.0413. The number of benzene rings is 3. The van der Waals surface area contributed by atoms with Gasteiger partial charge in [0.1, 0.15) is 23.0 Å². The van der Waals surface area contributed by atoms with E-state index in [1.165, 1.54) is 4.90 Å². The lowest BCUT2D eigenvalue weighted by Crippen LogP contribution is -2.29. The number of carbonyl (C=O) groups is 2. The van der Waals surface area contributed by atoms with Gasteiger partial charge >= 0.3 is 0 Å². The van der Waals surface area contributed by atoms with Crippen LogP contribution in [0.25, 0.3) is 5.76 Å². The van der Waals surface area contributed by atoms with Crippen LogP contribution < -0.4 is 14.2 Å². The van der Waals surface area contributed by atoms with Crippen LogP contribution in [-0.2, 0) is 16.1 Å². The van der Waals surface area contributed by atoms with Gasteiger partial charge in [0.05, 0.1) is 31.4 Å². The maximum absolute atomic E-state index is 13.4. The molecule has 7 nitrogen and oxygen atoms in total. The van der Waals surface area contributed by atoms with Gasteiger partial charge in [-0.15, -0.1) is 0 Å². The van der Waals surface area contributed by atoms with Crippen LogP contribution in [0.3, 0.4) is 0 Å². The largest absolute Gasteiger partial charge is 0.507 e. The third-order valence-corrected chi connectivity index (χ3v) is 6.33. The summed E-state index contributed by atoms with van der Waals surface area (Å²) in [6, 6.07) is 20.7. The molecule has 1 aliphatic rings. The SMILES string of the molecule is COc1ccc(C2/C(=C(/O)c3ccc(OCC(C)C)cc3)C(=O)C(=O)N2Cc2ccc(OC(C)C)cc2)cc1. The van der Waals surface area contributed by atoms with Gasteiger partial charge in [-0.3, -0.25) is 9.59 Å². The van der Waals surface area contributed by atoms with E-state index in [1.807, 2.05) is 38.1 Å². The lowest BCUT2D eigenvalue weighted by molar-refractivity contribution is -0.140. The number of hydrogen-bond donors (Lipinski definition) is 1. The van der Waals surface area contributed by atoms with Gasteiger partial charge < -0.3 is 24.2 Å². The Bertz CT molecular complexity index is 1320. The molecule has 0 aliphatic carbocycles. The summed E-state index contributed by atoms with van der Waals surface area (Å²) >= 11 is 0. The van der Waals surface area contributed by atoms with Crippen molar-refractivity contribution in [2.75, 3.05) is 13.7 Å². The van der Waals surface area contributed by atoms with Gasteiger partial charge in [0, 0.05) is 12.1 Å². The molecule has 1 heterocycles. The van der Waals surface area contributed by atoms with Gasteiger partial charge in [0.25, 0.3) is 11.7 Å². The fourth-order valence-corrected chi connectivity index (χ4v) is 4.45. The van der Waals surface area contributed by atoms with Crippen LogP contribution in [0.15, 0.2) is 78.4 Å². The van der Waals surface area contributed by atoms with Crippen LogP contribution in [0, 0.1) is 5.92 Å². The van der Waals surface area contributed by atoms with Crippen LogP contribution >= 0.6 is 0 Å². The van der Waals surface area contributed by atoms with Gasteiger partial charge in [0.15, 0.2) is 0 Å². The zero-order chi connectivity index (χ0) is 28.1. The molecule has 0 bridgehead atoms. The molecule has 39 heavy (non-hydrogen) atoms. The predicted molar refractivity (Wildman–Crippen MR) is 150 cm³/mol. The van der Waals surface area contributed by atoms with Crippen LogP contribution in [0.4, 0.5) is 0 Å². The van der Waals surface area contributed by atoms with Crippen molar-refractivity contribution in [2.24, 2.45) is 5.92 Å². The van der Waals surface area contributed by atoms with Crippen molar-refractivity contribution in [1.29, 1.82) is 0 Å². The number of methoxy groups -OCH3 is 1. The minimum atomic E-state index is -0.778. The first kappa shape index (κ1) is 27.8. The van der Waals surface area contributed by atoms with Crippen LogP contribution in [0.5, 0.6) is 17.2 Å². The Labute approximate surface area is 229 Å². The summed E-state index contributed by atoms with van der Waals surface area (Å²) in [6.45, 7) is 8.78. The molecule has 1 atom stereocenters. The van der Waals surface area contributed by atoms with E-state index < -0.39 is 17.7 Å². The van der Waals surface area contributed by atoms with Gasteiger partial charge in [-0.2, -0.15) is 0 Å². The van der Waals surface area contributed by atoms with E-state index >= 15 is 0 Å². The second-order valence-corrected chi connectivity index (χ2v) is 10.2. The molecule has 1 N–H and O–H groups in total. The Hall–Kier alpha value is -4.26. The Balaban J connectivity index is 1.71. The van der Waals surface area contributed by atoms with Crippen molar-refractivity contribution >= 4 is 17.4 Å². The maximum atomic E-state index is 13.4. The number of aliphatic hydroxyl groups is 1. The van der Waals surface area contributed by atoms with E-state index in [1.54, 1.807) is 55.6 Å². The summed E-state index contributed by atoms with van der Waals surface area (Å²) < 4.78 is 16.8. The Kier molecular flexibility index (Phi) is 8.59. The molecular weight excluding hydrogens is 494 g/mol. The van der Waals surface area contributed by atoms with Gasteiger partial charge in [0.2, 0.25) is 0 Å². The fourth-order valence-electron chi connectivity index (χ4n) is 4.45. The number of ketones is 1. The van der Waals surface area contributed by atoms with Gasteiger partial charge in [-0.05, 0) is 79.4 Å². The molecule has 1 fully saturated rings. The molecule has 1 amide bonds. The second kappa shape index (κ2) is 12.1. The molecule has 1 unspecified atom stereocenters. The van der Waals surface area contributed by atoms with E-state index in [-0.39, 0.29) is 24.0 Å². The minimum Gasteiger partial charge on any atom is -0.507 e. The van der Waals surface area contributed by atoms with E-state index in [0.717, 1.165) is 11.3 Å². The van der Waals surface area contributed by atoms with Crippen molar-refractivity contribution in [2.45, 2.75) is 46.4 Å². The summed E-state index contributed by atoms with van der Waals surface area (Å²) in [5, 5.41) is 11.4. The number of ether oxygens (including phenoxy) is 3. The molecule has 7 heteroatoms. The number of aliphatic hydroxyl groups excluding tert-OH is 1. The molecule has 1 saturated heterocycles. The maximum Gasteiger partial charge on any atom is 0.295 e. The molecule has 3 aromatic rings. The third kappa shape index (κ3) is 6.42. The molecule has 0 saturated carbocycles. The lowest BCUT2D eigenvalue weighted by atomic mass is 9.95. The predicted octanol–water partition coefficient (Wildman–Crippen LogP) is 6.14. The van der Waals surface area contributed by atoms with Crippen molar-refractivity contribution in [1.82, 2.24) is 4.90 Å². The molecule has 1 aliphatic heterocycles. The van der Waals surface area contributed by atoms with E-state index in [0.29, 0.717) is 35.2 Å². The summed E-state index contributed by atoms with van der Waals surface area (Å²) in [4.78, 5) is 28.2. The summed E-state index contributed by atoms with van der Waals surface area (Å²) in [7, 11) is 1.57. The normalized spacial score (nSPS) is 16.7. The van der Waals surface area contributed by atoms with Gasteiger partial charge in [-0.25, -0.2) is 0 Å². The highest BCUT2D eigenvalue weighted by molar-refractivity contribution is 6.46. The first-order valence-corrected chi connectivity index (χ1v) is 13.1. The summed E-state index contributed by atoms with van der Waals surface area (Å²) in [5.41, 5.74) is 1.99. The molecular formula is C32H35NO6. The lowest BCUT2D eigenvalue weighted by Gasteiger charge is -2.25. The van der Waals surface area contributed by atoms with Crippen molar-refractivity contribution in [3.8, 4) is 17.2 Å². The first-order valence-electron chi connectivity index (χ1n) is 13.1. The van der Waals surface area contributed by atoms with E-state index in [9.17, 15) is 14.7 Å². The van der Waals surface area contributed by atoms with Crippen molar-refractivity contribution in [3.63, 3.8) is 0 Å². The smallest absolute Gasteiger partial charge is 0.295 e. The highest BCUT2D eigenvalue weighted by Gasteiger charge is 2.46. The standard InChI is InChI=1S/C32H35NO6/c1-20(2)19-38-26-16-10-24(11-17-26)30(34)28-29(23-8-14-25(37-5)15-9-23)33(32(36)31(28)35)18-22-6-12-27(13-7-22)39-21(3)4/h6-17,20-21,29,34H,18-19H2,1-5H3/b30-28-. The second-order valence-electron chi connectivity index (χ2n) is 10.2. The number of amides is 1. The molecule has 0 aromatic heterocycles. The number of likely N-dealkylation sites (tertiary alicyclic amines) is 1. The zero-order valence-corrected chi connectivity index (χ0v) is 23.0. The Morgan fingerprint density at radius 1 is 0.846 bits per heavy atom. The molecule has 0 radical (unpaired) electrons. The number of hydrogen-bond acceptors (Lipinski definition) is 6. The van der Waals surface area contributed by atoms with Gasteiger partial charge in [-0.1, -0.05) is 38.1 Å². The van der Waals surface area contributed by atoms with Crippen LogP contribution in [0.1, 0.15) is 50.4 Å². The van der Waals surface area contributed by atoms with E-state index in [2.05, 4.69) is 13.8 Å². The highest BCUT2D eigenvalue weighted by atomic mass is 16.5. The topological polar surface area (TPSA) is 85.3 Å². The van der Waals surface area contributed by atoms with Crippen molar-refractivity contribution < 1.29 is 28.9 Å². The first-order chi connectivity index (χ1) is 18.7. The average Bonchev–Trinajstić information content (AvgIpc) is 3.17. The quantitative estimate of drug-likeness (QED) is 0.193. The fraction of sp³-hybridized carbons (Fsp3) is 0.312. The Morgan fingerprint density at radius 3 is 2.00 bits per heavy atom. The van der Waals surface area contributed by atoms with E-state index in [4.69, 9.17) is 14.2 Å². The molecule has 204 valence electrons.